The van der Waals surface area contributed by atoms with Crippen LogP contribution in [-0.2, 0) is 18.0 Å². The fourth-order valence-electron chi connectivity index (χ4n) is 1.86. The zero-order chi connectivity index (χ0) is 12.8. The molecule has 0 saturated carbocycles. The molecule has 0 amide bonds. The Labute approximate surface area is 109 Å². The van der Waals surface area contributed by atoms with Gasteiger partial charge in [0.25, 0.3) is 0 Å². The Hall–Kier alpha value is -1.60. The van der Waals surface area contributed by atoms with Gasteiger partial charge in [-0.25, -0.2) is 0 Å². The second-order valence-corrected chi connectivity index (χ2v) is 4.87. The topological polar surface area (TPSA) is 9.23 Å². The molecule has 0 N–H and O–H groups in total. The Kier molecular flexibility index (Phi) is 4.54. The van der Waals surface area contributed by atoms with Crippen LogP contribution in [0.15, 0.2) is 54.6 Å². The number of hydrogen-bond acceptors (Lipinski definition) is 1. The first-order valence-electron chi connectivity index (χ1n) is 6.46. The first kappa shape index (κ1) is 12.8. The van der Waals surface area contributed by atoms with Crippen LogP contribution in [0.5, 0.6) is 0 Å². The van der Waals surface area contributed by atoms with Crippen LogP contribution in [-0.4, -0.2) is 0 Å². The minimum Gasteiger partial charge on any atom is -0.372 e. The maximum Gasteiger partial charge on any atom is 0.0721 e. The number of benzene rings is 2. The quantitative estimate of drug-likeness (QED) is 0.746. The van der Waals surface area contributed by atoms with Gasteiger partial charge in [0.05, 0.1) is 13.2 Å². The van der Waals surface area contributed by atoms with Crippen LogP contribution in [0.25, 0.3) is 0 Å². The van der Waals surface area contributed by atoms with E-state index in [1.807, 2.05) is 18.2 Å². The number of hydrogen-bond donors (Lipinski definition) is 0. The van der Waals surface area contributed by atoms with Gasteiger partial charge in [-0.05, 0) is 22.6 Å². The molecule has 2 aromatic carbocycles. The zero-order valence-electron chi connectivity index (χ0n) is 11.1. The lowest BCUT2D eigenvalue weighted by molar-refractivity contribution is 0.107. The molecule has 0 aliphatic carbocycles. The highest BCUT2D eigenvalue weighted by atomic mass is 16.5. The van der Waals surface area contributed by atoms with Gasteiger partial charge in [-0.2, -0.15) is 0 Å². The Morgan fingerprint density at radius 2 is 1.33 bits per heavy atom. The molecule has 2 rings (SSSR count). The SMILES string of the molecule is CC(C)c1ccc(COCc2ccccc2)cc1. The predicted molar refractivity (Wildman–Crippen MR) is 75.5 cm³/mol. The molecular weight excluding hydrogens is 220 g/mol. The van der Waals surface area contributed by atoms with Gasteiger partial charge >= 0.3 is 0 Å². The van der Waals surface area contributed by atoms with Crippen molar-refractivity contribution in [2.24, 2.45) is 0 Å². The number of ether oxygens (including phenoxy) is 1. The van der Waals surface area contributed by atoms with Crippen LogP contribution in [0.2, 0.25) is 0 Å². The van der Waals surface area contributed by atoms with E-state index in [9.17, 15) is 0 Å². The van der Waals surface area contributed by atoms with Crippen LogP contribution < -0.4 is 0 Å². The molecule has 94 valence electrons. The summed E-state index contributed by atoms with van der Waals surface area (Å²) >= 11 is 0. The molecule has 0 unspecified atom stereocenters. The molecule has 2 aromatic rings. The smallest absolute Gasteiger partial charge is 0.0721 e. The van der Waals surface area contributed by atoms with Gasteiger partial charge in [-0.15, -0.1) is 0 Å². The van der Waals surface area contributed by atoms with Gasteiger partial charge in [0.15, 0.2) is 0 Å². The molecule has 0 aromatic heterocycles. The second-order valence-electron chi connectivity index (χ2n) is 4.87. The van der Waals surface area contributed by atoms with Crippen molar-refractivity contribution in [3.05, 3.63) is 71.3 Å². The fraction of sp³-hybridized carbons (Fsp3) is 0.294. The molecule has 0 aliphatic rings. The third kappa shape index (κ3) is 3.71. The standard InChI is InChI=1S/C17H20O/c1-14(2)17-10-8-16(9-11-17)13-18-12-15-6-4-3-5-7-15/h3-11,14H,12-13H2,1-2H3. The lowest BCUT2D eigenvalue weighted by Crippen LogP contribution is -1.95. The van der Waals surface area contributed by atoms with Crippen molar-refractivity contribution in [3.63, 3.8) is 0 Å². The molecular formula is C17H20O. The van der Waals surface area contributed by atoms with Gasteiger partial charge in [-0.1, -0.05) is 68.4 Å². The van der Waals surface area contributed by atoms with Crippen molar-refractivity contribution in [1.29, 1.82) is 0 Å². The van der Waals surface area contributed by atoms with Crippen LogP contribution in [0, 0.1) is 0 Å². The van der Waals surface area contributed by atoms with Crippen LogP contribution in [0.4, 0.5) is 0 Å². The minimum absolute atomic E-state index is 0.587. The van der Waals surface area contributed by atoms with Crippen LogP contribution in [0.3, 0.4) is 0 Å². The highest BCUT2D eigenvalue weighted by molar-refractivity contribution is 5.24. The van der Waals surface area contributed by atoms with Crippen molar-refractivity contribution in [2.75, 3.05) is 0 Å². The van der Waals surface area contributed by atoms with Crippen LogP contribution in [0.1, 0.15) is 36.5 Å². The largest absolute Gasteiger partial charge is 0.372 e. The molecule has 0 saturated heterocycles. The number of rotatable bonds is 5. The molecule has 0 aliphatic heterocycles. The van der Waals surface area contributed by atoms with Gasteiger partial charge < -0.3 is 4.74 Å². The summed E-state index contributed by atoms with van der Waals surface area (Å²) in [5.74, 6) is 0.587. The Bertz CT molecular complexity index is 457. The second kappa shape index (κ2) is 6.36. The summed E-state index contributed by atoms with van der Waals surface area (Å²) in [6.07, 6.45) is 0. The lowest BCUT2D eigenvalue weighted by Gasteiger charge is -2.08. The first-order valence-corrected chi connectivity index (χ1v) is 6.46. The van der Waals surface area contributed by atoms with E-state index in [1.54, 1.807) is 0 Å². The molecule has 0 spiro atoms. The molecule has 0 radical (unpaired) electrons. The third-order valence-corrected chi connectivity index (χ3v) is 3.03. The molecule has 1 heteroatoms. The van der Waals surface area contributed by atoms with Crippen molar-refractivity contribution in [1.82, 2.24) is 0 Å². The van der Waals surface area contributed by atoms with Crippen molar-refractivity contribution < 1.29 is 4.74 Å². The molecule has 0 heterocycles. The Morgan fingerprint density at radius 1 is 0.778 bits per heavy atom. The van der Waals surface area contributed by atoms with E-state index in [0.29, 0.717) is 19.1 Å². The van der Waals surface area contributed by atoms with E-state index >= 15 is 0 Å². The summed E-state index contributed by atoms with van der Waals surface area (Å²) in [6.45, 7) is 5.77. The van der Waals surface area contributed by atoms with E-state index < -0.39 is 0 Å². The van der Waals surface area contributed by atoms with Crippen molar-refractivity contribution in [2.45, 2.75) is 33.0 Å². The summed E-state index contributed by atoms with van der Waals surface area (Å²) < 4.78 is 5.71. The van der Waals surface area contributed by atoms with Crippen molar-refractivity contribution >= 4 is 0 Å². The summed E-state index contributed by atoms with van der Waals surface area (Å²) in [7, 11) is 0. The normalized spacial score (nSPS) is 10.8. The molecule has 1 nitrogen and oxygen atoms in total. The molecule has 0 fully saturated rings. The summed E-state index contributed by atoms with van der Waals surface area (Å²) in [6, 6.07) is 18.9. The maximum atomic E-state index is 5.71. The third-order valence-electron chi connectivity index (χ3n) is 3.03. The van der Waals surface area contributed by atoms with E-state index in [4.69, 9.17) is 4.74 Å². The maximum absolute atomic E-state index is 5.71. The van der Waals surface area contributed by atoms with Gasteiger partial charge in [0.2, 0.25) is 0 Å². The van der Waals surface area contributed by atoms with E-state index in [2.05, 4.69) is 50.2 Å². The molecule has 0 atom stereocenters. The Balaban J connectivity index is 1.83. The van der Waals surface area contributed by atoms with Gasteiger partial charge in [-0.3, -0.25) is 0 Å². The fourth-order valence-corrected chi connectivity index (χ4v) is 1.86. The summed E-state index contributed by atoms with van der Waals surface area (Å²) in [5, 5.41) is 0. The average Bonchev–Trinajstić information content (AvgIpc) is 2.40. The molecule has 18 heavy (non-hydrogen) atoms. The zero-order valence-corrected chi connectivity index (χ0v) is 11.1. The first-order chi connectivity index (χ1) is 8.75. The highest BCUT2D eigenvalue weighted by Gasteiger charge is 1.99. The van der Waals surface area contributed by atoms with E-state index in [-0.39, 0.29) is 0 Å². The summed E-state index contributed by atoms with van der Waals surface area (Å²) in [4.78, 5) is 0. The monoisotopic (exact) mass is 240 g/mol. The average molecular weight is 240 g/mol. The highest BCUT2D eigenvalue weighted by Crippen LogP contribution is 2.15. The predicted octanol–water partition coefficient (Wildman–Crippen LogP) is 4.53. The molecule has 0 bridgehead atoms. The van der Waals surface area contributed by atoms with Gasteiger partial charge in [0.1, 0.15) is 0 Å². The van der Waals surface area contributed by atoms with E-state index in [0.717, 1.165) is 0 Å². The van der Waals surface area contributed by atoms with Gasteiger partial charge in [0, 0.05) is 0 Å². The van der Waals surface area contributed by atoms with Crippen LogP contribution >= 0.6 is 0 Å². The minimum atomic E-state index is 0.587. The Morgan fingerprint density at radius 3 is 1.89 bits per heavy atom. The van der Waals surface area contributed by atoms with Crippen molar-refractivity contribution in [3.8, 4) is 0 Å². The lowest BCUT2D eigenvalue weighted by atomic mass is 10.0. The summed E-state index contributed by atoms with van der Waals surface area (Å²) in [5.41, 5.74) is 3.83. The van der Waals surface area contributed by atoms with E-state index in [1.165, 1.54) is 16.7 Å².